The summed E-state index contributed by atoms with van der Waals surface area (Å²) in [5.74, 6) is 1.27. The summed E-state index contributed by atoms with van der Waals surface area (Å²) in [6.07, 6.45) is -0.110. The summed E-state index contributed by atoms with van der Waals surface area (Å²) >= 11 is 5.85. The summed E-state index contributed by atoms with van der Waals surface area (Å²) in [5.41, 5.74) is 0.667. The van der Waals surface area contributed by atoms with E-state index in [1.165, 1.54) is 6.07 Å². The molecule has 0 heterocycles. The SMILES string of the molecule is CN=C(NCc1ccccc1[N+](=O)[O-])NCC(C)Oc1ccc(Cl)cc1. The molecule has 0 aliphatic rings. The average Bonchev–Trinajstić information content (AvgIpc) is 2.64. The molecule has 0 radical (unpaired) electrons. The lowest BCUT2D eigenvalue weighted by Gasteiger charge is -2.18. The molecule has 0 saturated carbocycles. The first-order chi connectivity index (χ1) is 12.5. The van der Waals surface area contributed by atoms with Gasteiger partial charge in [0.2, 0.25) is 0 Å². The fraction of sp³-hybridized carbons (Fsp3) is 0.278. The van der Waals surface area contributed by atoms with Crippen molar-refractivity contribution in [1.82, 2.24) is 10.6 Å². The molecule has 0 aliphatic carbocycles. The molecule has 7 nitrogen and oxygen atoms in total. The van der Waals surface area contributed by atoms with Crippen molar-refractivity contribution >= 4 is 23.2 Å². The van der Waals surface area contributed by atoms with Gasteiger partial charge in [-0.15, -0.1) is 0 Å². The van der Waals surface area contributed by atoms with Crippen molar-refractivity contribution in [3.63, 3.8) is 0 Å². The van der Waals surface area contributed by atoms with Gasteiger partial charge < -0.3 is 15.4 Å². The first-order valence-electron chi connectivity index (χ1n) is 8.08. The predicted octanol–water partition coefficient (Wildman–Crippen LogP) is 3.38. The largest absolute Gasteiger partial charge is 0.489 e. The van der Waals surface area contributed by atoms with Gasteiger partial charge >= 0.3 is 0 Å². The molecule has 2 N–H and O–H groups in total. The van der Waals surface area contributed by atoms with E-state index in [1.807, 2.05) is 6.92 Å². The molecule has 1 atom stereocenters. The van der Waals surface area contributed by atoms with Crippen LogP contribution in [0.2, 0.25) is 5.02 Å². The number of rotatable bonds is 7. The molecule has 0 fully saturated rings. The fourth-order valence-corrected chi connectivity index (χ4v) is 2.39. The Balaban J connectivity index is 1.84. The van der Waals surface area contributed by atoms with E-state index in [4.69, 9.17) is 16.3 Å². The zero-order valence-corrected chi connectivity index (χ0v) is 15.4. The highest BCUT2D eigenvalue weighted by Crippen LogP contribution is 2.17. The van der Waals surface area contributed by atoms with E-state index >= 15 is 0 Å². The Kier molecular flexibility index (Phi) is 7.23. The second-order valence-corrected chi connectivity index (χ2v) is 6.01. The van der Waals surface area contributed by atoms with Crippen molar-refractivity contribution in [3.8, 4) is 5.75 Å². The highest BCUT2D eigenvalue weighted by Gasteiger charge is 2.12. The number of nitrogens with zero attached hydrogens (tertiary/aromatic N) is 2. The van der Waals surface area contributed by atoms with E-state index in [1.54, 1.807) is 49.5 Å². The van der Waals surface area contributed by atoms with Gasteiger partial charge in [0.05, 0.1) is 11.5 Å². The lowest BCUT2D eigenvalue weighted by Crippen LogP contribution is -2.41. The molecule has 0 aliphatic heterocycles. The van der Waals surface area contributed by atoms with Crippen LogP contribution in [-0.4, -0.2) is 30.6 Å². The van der Waals surface area contributed by atoms with Crippen LogP contribution in [0, 0.1) is 10.1 Å². The standard InChI is InChI=1S/C18H21ClN4O3/c1-13(26-16-9-7-15(19)8-10-16)11-21-18(20-2)22-12-14-5-3-4-6-17(14)23(24)25/h3-10,13H,11-12H2,1-2H3,(H2,20,21,22). The van der Waals surface area contributed by atoms with Gasteiger partial charge in [-0.2, -0.15) is 0 Å². The van der Waals surface area contributed by atoms with Crippen LogP contribution in [0.25, 0.3) is 0 Å². The Hall–Kier alpha value is -2.80. The molecule has 2 rings (SSSR count). The number of aliphatic imine (C=N–C) groups is 1. The molecular weight excluding hydrogens is 356 g/mol. The third kappa shape index (κ3) is 5.93. The second kappa shape index (κ2) is 9.62. The van der Waals surface area contributed by atoms with Gasteiger partial charge in [0, 0.05) is 30.2 Å². The van der Waals surface area contributed by atoms with Crippen LogP contribution in [0.1, 0.15) is 12.5 Å². The third-order valence-corrected chi connectivity index (χ3v) is 3.82. The first-order valence-corrected chi connectivity index (χ1v) is 8.46. The van der Waals surface area contributed by atoms with Gasteiger partial charge in [-0.3, -0.25) is 15.1 Å². The summed E-state index contributed by atoms with van der Waals surface area (Å²) in [6.45, 7) is 2.74. The Labute approximate surface area is 157 Å². The maximum atomic E-state index is 11.1. The van der Waals surface area contributed by atoms with Gasteiger partial charge in [-0.25, -0.2) is 0 Å². The number of nitrogens with one attached hydrogen (secondary N) is 2. The van der Waals surface area contributed by atoms with E-state index in [0.717, 1.165) is 5.75 Å². The number of nitro groups is 1. The first kappa shape index (κ1) is 19.5. The zero-order valence-electron chi connectivity index (χ0n) is 14.6. The predicted molar refractivity (Wildman–Crippen MR) is 103 cm³/mol. The number of guanidine groups is 1. The highest BCUT2D eigenvalue weighted by atomic mass is 35.5. The van der Waals surface area contributed by atoms with Crippen LogP contribution in [0.3, 0.4) is 0 Å². The van der Waals surface area contributed by atoms with Crippen molar-refractivity contribution in [2.45, 2.75) is 19.6 Å². The molecule has 0 amide bonds. The Morgan fingerprint density at radius 3 is 2.58 bits per heavy atom. The molecule has 26 heavy (non-hydrogen) atoms. The van der Waals surface area contributed by atoms with Crippen LogP contribution >= 0.6 is 11.6 Å². The quantitative estimate of drug-likeness (QED) is 0.334. The van der Waals surface area contributed by atoms with Crippen LogP contribution in [0.15, 0.2) is 53.5 Å². The molecule has 1 unspecified atom stereocenters. The molecule has 2 aromatic rings. The van der Waals surface area contributed by atoms with Crippen molar-refractivity contribution in [1.29, 1.82) is 0 Å². The molecular formula is C18H21ClN4O3. The minimum Gasteiger partial charge on any atom is -0.489 e. The van der Waals surface area contributed by atoms with Gasteiger partial charge in [0.15, 0.2) is 5.96 Å². The Morgan fingerprint density at radius 1 is 1.23 bits per heavy atom. The molecule has 138 valence electrons. The van der Waals surface area contributed by atoms with Gasteiger partial charge in [0.1, 0.15) is 11.9 Å². The van der Waals surface area contributed by atoms with Gasteiger partial charge in [-0.05, 0) is 31.2 Å². The van der Waals surface area contributed by atoms with Crippen LogP contribution in [0.5, 0.6) is 5.75 Å². The van der Waals surface area contributed by atoms with Crippen molar-refractivity contribution in [2.24, 2.45) is 4.99 Å². The summed E-state index contributed by atoms with van der Waals surface area (Å²) in [5, 5.41) is 17.9. The topological polar surface area (TPSA) is 88.8 Å². The van der Waals surface area contributed by atoms with Crippen LogP contribution < -0.4 is 15.4 Å². The van der Waals surface area contributed by atoms with Gasteiger partial charge in [0.25, 0.3) is 5.69 Å². The van der Waals surface area contributed by atoms with Crippen LogP contribution in [-0.2, 0) is 6.54 Å². The Morgan fingerprint density at radius 2 is 1.92 bits per heavy atom. The summed E-state index contributed by atoms with van der Waals surface area (Å²) < 4.78 is 5.78. The summed E-state index contributed by atoms with van der Waals surface area (Å²) in [4.78, 5) is 14.8. The maximum Gasteiger partial charge on any atom is 0.274 e. The molecule has 0 saturated heterocycles. The number of nitro benzene ring substituents is 1. The van der Waals surface area contributed by atoms with Crippen LogP contribution in [0.4, 0.5) is 5.69 Å². The number of hydrogen-bond acceptors (Lipinski definition) is 4. The minimum absolute atomic E-state index is 0.0786. The molecule has 2 aromatic carbocycles. The van der Waals surface area contributed by atoms with E-state index in [2.05, 4.69) is 15.6 Å². The number of benzene rings is 2. The lowest BCUT2D eigenvalue weighted by atomic mass is 10.2. The zero-order chi connectivity index (χ0) is 18.9. The van der Waals surface area contributed by atoms with Crippen molar-refractivity contribution < 1.29 is 9.66 Å². The molecule has 0 spiro atoms. The number of hydrogen-bond donors (Lipinski definition) is 2. The monoisotopic (exact) mass is 376 g/mol. The molecule has 0 aromatic heterocycles. The average molecular weight is 377 g/mol. The number of ether oxygens (including phenoxy) is 1. The summed E-state index contributed by atoms with van der Waals surface area (Å²) in [6, 6.07) is 13.8. The van der Waals surface area contributed by atoms with E-state index in [9.17, 15) is 10.1 Å². The minimum atomic E-state index is -0.394. The lowest BCUT2D eigenvalue weighted by molar-refractivity contribution is -0.385. The van der Waals surface area contributed by atoms with Crippen molar-refractivity contribution in [2.75, 3.05) is 13.6 Å². The van der Waals surface area contributed by atoms with E-state index in [0.29, 0.717) is 29.6 Å². The molecule has 8 heteroatoms. The maximum absolute atomic E-state index is 11.1. The molecule has 0 bridgehead atoms. The highest BCUT2D eigenvalue weighted by molar-refractivity contribution is 6.30. The van der Waals surface area contributed by atoms with Gasteiger partial charge in [-0.1, -0.05) is 29.8 Å². The van der Waals surface area contributed by atoms with Crippen molar-refractivity contribution in [3.05, 3.63) is 69.2 Å². The second-order valence-electron chi connectivity index (χ2n) is 5.57. The van der Waals surface area contributed by atoms with E-state index < -0.39 is 4.92 Å². The summed E-state index contributed by atoms with van der Waals surface area (Å²) in [7, 11) is 1.64. The number of para-hydroxylation sites is 1. The van der Waals surface area contributed by atoms with E-state index in [-0.39, 0.29) is 11.8 Å². The third-order valence-electron chi connectivity index (χ3n) is 3.57. The normalized spacial score (nSPS) is 12.3. The fourth-order valence-electron chi connectivity index (χ4n) is 2.27. The smallest absolute Gasteiger partial charge is 0.274 e. The number of halogens is 1. The Bertz CT molecular complexity index is 765.